The van der Waals surface area contributed by atoms with E-state index < -0.39 is 12.0 Å². The molecular formula is C14H18N2O3. The molecule has 0 saturated carbocycles. The molecule has 0 heterocycles. The number of nitrogens with two attached hydrogens (primary N) is 1. The van der Waals surface area contributed by atoms with Crippen molar-refractivity contribution in [2.24, 2.45) is 11.1 Å². The predicted molar refractivity (Wildman–Crippen MR) is 72.3 cm³/mol. The molecule has 0 fully saturated rings. The molecular weight excluding hydrogens is 244 g/mol. The summed E-state index contributed by atoms with van der Waals surface area (Å²) in [7, 11) is 0. The fraction of sp³-hybridized carbons (Fsp3) is 0.286. The molecule has 5 heteroatoms. The zero-order valence-electron chi connectivity index (χ0n) is 11.3. The third kappa shape index (κ3) is 5.25. The van der Waals surface area contributed by atoms with Gasteiger partial charge in [-0.05, 0) is 12.1 Å². The summed E-state index contributed by atoms with van der Waals surface area (Å²) in [5.41, 5.74) is 5.78. The number of hydrogen-bond donors (Lipinski definition) is 2. The van der Waals surface area contributed by atoms with Gasteiger partial charge >= 0.3 is 6.09 Å². The third-order valence-corrected chi connectivity index (χ3v) is 2.33. The van der Waals surface area contributed by atoms with Crippen LogP contribution in [0.2, 0.25) is 0 Å². The van der Waals surface area contributed by atoms with E-state index in [0.29, 0.717) is 11.4 Å². The van der Waals surface area contributed by atoms with Crippen LogP contribution in [-0.2, 0) is 4.79 Å². The van der Waals surface area contributed by atoms with E-state index in [1.165, 1.54) is 6.08 Å². The van der Waals surface area contributed by atoms with Crippen LogP contribution in [0, 0.1) is 5.41 Å². The number of benzene rings is 1. The molecule has 2 amide bonds. The van der Waals surface area contributed by atoms with Gasteiger partial charge in [-0.3, -0.25) is 10.1 Å². The Bertz CT molecular complexity index is 487. The van der Waals surface area contributed by atoms with Crippen LogP contribution in [0.1, 0.15) is 20.8 Å². The highest BCUT2D eigenvalue weighted by Crippen LogP contribution is 2.19. The molecule has 0 aliphatic carbocycles. The summed E-state index contributed by atoms with van der Waals surface area (Å²) in [5.74, 6) is -0.242. The fourth-order valence-corrected chi connectivity index (χ4v) is 1.12. The van der Waals surface area contributed by atoms with E-state index in [0.717, 1.165) is 0 Å². The second-order valence-corrected chi connectivity index (χ2v) is 5.04. The quantitative estimate of drug-likeness (QED) is 0.800. The number of imide groups is 1. The minimum absolute atomic E-state index is 0.333. The summed E-state index contributed by atoms with van der Waals surface area (Å²) in [4.78, 5) is 23.0. The molecule has 19 heavy (non-hydrogen) atoms. The first-order chi connectivity index (χ1) is 8.79. The lowest BCUT2D eigenvalue weighted by Gasteiger charge is -2.18. The molecule has 0 spiro atoms. The summed E-state index contributed by atoms with van der Waals surface area (Å²) in [6.45, 7) is 5.61. The van der Waals surface area contributed by atoms with E-state index in [9.17, 15) is 9.59 Å². The van der Waals surface area contributed by atoms with E-state index in [1.807, 2.05) is 20.8 Å². The first kappa shape index (κ1) is 14.8. The number of ether oxygens (including phenoxy) is 1. The maximum absolute atomic E-state index is 11.5. The van der Waals surface area contributed by atoms with Gasteiger partial charge in [-0.2, -0.15) is 0 Å². The molecule has 0 aliphatic heterocycles. The first-order valence-corrected chi connectivity index (χ1v) is 5.84. The zero-order chi connectivity index (χ0) is 14.5. The lowest BCUT2D eigenvalue weighted by molar-refractivity contribution is -0.115. The molecule has 0 atom stereocenters. The van der Waals surface area contributed by atoms with Gasteiger partial charge in [0.2, 0.25) is 0 Å². The Hall–Kier alpha value is -2.30. The Morgan fingerprint density at radius 3 is 2.32 bits per heavy atom. The molecule has 0 bridgehead atoms. The van der Waals surface area contributed by atoms with Gasteiger partial charge in [-0.25, -0.2) is 4.79 Å². The van der Waals surface area contributed by atoms with Crippen molar-refractivity contribution in [3.05, 3.63) is 42.1 Å². The topological polar surface area (TPSA) is 81.4 Å². The summed E-state index contributed by atoms with van der Waals surface area (Å²) >= 11 is 0. The minimum Gasteiger partial charge on any atom is -0.410 e. The second-order valence-electron chi connectivity index (χ2n) is 5.04. The van der Waals surface area contributed by atoms with Gasteiger partial charge in [-0.15, -0.1) is 0 Å². The van der Waals surface area contributed by atoms with Crippen molar-refractivity contribution >= 4 is 12.0 Å². The van der Waals surface area contributed by atoms with E-state index in [2.05, 4.69) is 5.32 Å². The molecule has 1 rings (SSSR count). The molecule has 0 aliphatic rings. The van der Waals surface area contributed by atoms with Crippen LogP contribution in [0.15, 0.2) is 42.1 Å². The van der Waals surface area contributed by atoms with Crippen molar-refractivity contribution in [3.8, 4) is 5.75 Å². The van der Waals surface area contributed by atoms with Gasteiger partial charge in [0, 0.05) is 17.2 Å². The van der Waals surface area contributed by atoms with Gasteiger partial charge in [0.25, 0.3) is 5.91 Å². The second kappa shape index (κ2) is 6.04. The van der Waals surface area contributed by atoms with Gasteiger partial charge in [-0.1, -0.05) is 39.0 Å². The lowest BCUT2D eigenvalue weighted by atomic mass is 9.92. The van der Waals surface area contributed by atoms with Crippen molar-refractivity contribution < 1.29 is 14.3 Å². The fourth-order valence-electron chi connectivity index (χ4n) is 1.12. The summed E-state index contributed by atoms with van der Waals surface area (Å²) in [6, 6.07) is 8.47. The average Bonchev–Trinajstić information content (AvgIpc) is 2.28. The molecule has 3 N–H and O–H groups in total. The number of carbonyl (C=O) groups excluding carboxylic acids is 2. The number of rotatable bonds is 2. The largest absolute Gasteiger partial charge is 0.419 e. The van der Waals surface area contributed by atoms with Crippen molar-refractivity contribution in [2.75, 3.05) is 0 Å². The average molecular weight is 262 g/mol. The van der Waals surface area contributed by atoms with Gasteiger partial charge in [0.1, 0.15) is 5.75 Å². The van der Waals surface area contributed by atoms with Crippen molar-refractivity contribution in [2.45, 2.75) is 20.8 Å². The molecule has 5 nitrogen and oxygen atoms in total. The Labute approximate surface area is 112 Å². The molecule has 0 radical (unpaired) electrons. The number of carbonyl (C=O) groups is 2. The zero-order valence-corrected chi connectivity index (χ0v) is 11.3. The number of amides is 2. The Balaban J connectivity index is 2.56. The summed E-state index contributed by atoms with van der Waals surface area (Å²) in [6.07, 6.45) is 0.348. The van der Waals surface area contributed by atoms with Gasteiger partial charge < -0.3 is 10.5 Å². The van der Waals surface area contributed by atoms with Crippen LogP contribution in [0.25, 0.3) is 0 Å². The van der Waals surface area contributed by atoms with Crippen LogP contribution >= 0.6 is 0 Å². The smallest absolute Gasteiger partial charge is 0.410 e. The predicted octanol–water partition coefficient (Wildman–Crippen LogP) is 2.19. The molecule has 0 unspecified atom stereocenters. The summed E-state index contributed by atoms with van der Waals surface area (Å²) in [5, 5.41) is 2.07. The first-order valence-electron chi connectivity index (χ1n) is 5.84. The van der Waals surface area contributed by atoms with E-state index in [-0.39, 0.29) is 5.41 Å². The SMILES string of the molecule is CC(C)(C)C(N)=CC(=O)NC(=O)Oc1ccccc1. The Morgan fingerprint density at radius 1 is 1.21 bits per heavy atom. The maximum atomic E-state index is 11.5. The Kier molecular flexibility index (Phi) is 4.69. The molecule has 102 valence electrons. The van der Waals surface area contributed by atoms with Crippen LogP contribution in [0.3, 0.4) is 0 Å². The van der Waals surface area contributed by atoms with Crippen LogP contribution in [0.4, 0.5) is 4.79 Å². The van der Waals surface area contributed by atoms with Crippen LogP contribution in [-0.4, -0.2) is 12.0 Å². The van der Waals surface area contributed by atoms with E-state index >= 15 is 0 Å². The van der Waals surface area contributed by atoms with E-state index in [1.54, 1.807) is 30.3 Å². The van der Waals surface area contributed by atoms with Gasteiger partial charge in [0.15, 0.2) is 0 Å². The number of hydrogen-bond acceptors (Lipinski definition) is 4. The van der Waals surface area contributed by atoms with Crippen molar-refractivity contribution in [1.29, 1.82) is 0 Å². The molecule has 1 aromatic rings. The summed E-state index contributed by atoms with van der Waals surface area (Å²) < 4.78 is 4.91. The van der Waals surface area contributed by atoms with E-state index in [4.69, 9.17) is 10.5 Å². The molecule has 0 saturated heterocycles. The maximum Gasteiger partial charge on any atom is 0.419 e. The van der Waals surface area contributed by atoms with Crippen LogP contribution < -0.4 is 15.8 Å². The van der Waals surface area contributed by atoms with Crippen LogP contribution in [0.5, 0.6) is 5.75 Å². The van der Waals surface area contributed by atoms with Crippen molar-refractivity contribution in [1.82, 2.24) is 5.32 Å². The standard InChI is InChI=1S/C14H18N2O3/c1-14(2,3)11(15)9-12(17)16-13(18)19-10-7-5-4-6-8-10/h4-9H,15H2,1-3H3,(H,16,17,18). The number of nitrogens with one attached hydrogen (secondary N) is 1. The normalized spacial score (nSPS) is 11.8. The van der Waals surface area contributed by atoms with Crippen molar-refractivity contribution in [3.63, 3.8) is 0 Å². The highest BCUT2D eigenvalue weighted by Gasteiger charge is 2.16. The minimum atomic E-state index is -0.839. The monoisotopic (exact) mass is 262 g/mol. The lowest BCUT2D eigenvalue weighted by Crippen LogP contribution is -2.33. The Morgan fingerprint density at radius 2 is 1.79 bits per heavy atom. The number of para-hydroxylation sites is 1. The number of allylic oxidation sites excluding steroid dienone is 1. The van der Waals surface area contributed by atoms with Gasteiger partial charge in [0.05, 0.1) is 0 Å². The molecule has 1 aromatic carbocycles. The highest BCUT2D eigenvalue weighted by molar-refractivity contribution is 5.99. The third-order valence-electron chi connectivity index (χ3n) is 2.33. The molecule has 0 aromatic heterocycles. The highest BCUT2D eigenvalue weighted by atomic mass is 16.6.